The molecule has 0 bridgehead atoms. The van der Waals surface area contributed by atoms with Gasteiger partial charge in [0.25, 0.3) is 0 Å². The molecule has 0 heteroatoms. The van der Waals surface area contributed by atoms with Crippen LogP contribution in [0.1, 0.15) is 131 Å². The predicted molar refractivity (Wildman–Crippen MR) is 145 cm³/mol. The number of hydrogen-bond acceptors (Lipinski definition) is 0. The lowest BCUT2D eigenvalue weighted by Crippen LogP contribution is -2.21. The Morgan fingerprint density at radius 1 is 0.375 bits per heavy atom. The summed E-state index contributed by atoms with van der Waals surface area (Å²) in [4.78, 5) is 0. The fraction of sp³-hybridized carbons (Fsp3) is 0.625. The topological polar surface area (TPSA) is 0 Å². The average Bonchev–Trinajstić information content (AvgIpc) is 2.78. The highest BCUT2D eigenvalue weighted by molar-refractivity contribution is 5.69. The molecule has 2 aromatic carbocycles. The number of rotatable bonds is 9. The van der Waals surface area contributed by atoms with E-state index in [9.17, 15) is 0 Å². The van der Waals surface area contributed by atoms with Crippen LogP contribution in [0.15, 0.2) is 36.4 Å². The first kappa shape index (κ1) is 26.7. The second kappa shape index (κ2) is 9.36. The van der Waals surface area contributed by atoms with E-state index in [0.29, 0.717) is 0 Å². The predicted octanol–water partition coefficient (Wildman–Crippen LogP) is 10.1. The van der Waals surface area contributed by atoms with Crippen molar-refractivity contribution >= 4 is 0 Å². The molecule has 0 saturated carbocycles. The van der Waals surface area contributed by atoms with Crippen molar-refractivity contribution in [2.45, 2.75) is 130 Å². The van der Waals surface area contributed by atoms with E-state index in [1.54, 1.807) is 0 Å². The van der Waals surface area contributed by atoms with E-state index in [0.717, 1.165) is 25.7 Å². The largest absolute Gasteiger partial charge is 0.0646 e. The van der Waals surface area contributed by atoms with Gasteiger partial charge in [-0.1, -0.05) is 119 Å². The number of hydrogen-bond donors (Lipinski definition) is 0. The van der Waals surface area contributed by atoms with E-state index >= 15 is 0 Å². The van der Waals surface area contributed by atoms with Crippen molar-refractivity contribution in [1.82, 2.24) is 0 Å². The molecular formula is C32H50. The fourth-order valence-electron chi connectivity index (χ4n) is 3.97. The molecule has 32 heavy (non-hydrogen) atoms. The Hall–Kier alpha value is -1.56. The zero-order valence-corrected chi connectivity index (χ0v) is 23.3. The molecule has 0 saturated heterocycles. The molecule has 0 radical (unpaired) electrons. The molecule has 2 rings (SSSR count). The average molecular weight is 435 g/mol. The minimum atomic E-state index is 0.167. The van der Waals surface area contributed by atoms with Crippen LogP contribution < -0.4 is 0 Å². The molecule has 0 fully saturated rings. The van der Waals surface area contributed by atoms with Gasteiger partial charge in [0.1, 0.15) is 0 Å². The van der Waals surface area contributed by atoms with Gasteiger partial charge in [0, 0.05) is 0 Å². The second-order valence-electron chi connectivity index (χ2n) is 12.5. The minimum Gasteiger partial charge on any atom is -0.0646 e. The summed E-state index contributed by atoms with van der Waals surface area (Å²) in [5, 5.41) is 0. The van der Waals surface area contributed by atoms with Gasteiger partial charge in [0.05, 0.1) is 0 Å². The molecule has 0 spiro atoms. The van der Waals surface area contributed by atoms with Crippen molar-refractivity contribution in [2.75, 3.05) is 0 Å². The Kier molecular flexibility index (Phi) is 7.81. The Morgan fingerprint density at radius 3 is 0.719 bits per heavy atom. The van der Waals surface area contributed by atoms with E-state index in [4.69, 9.17) is 0 Å². The van der Waals surface area contributed by atoms with Crippen LogP contribution in [-0.2, 0) is 21.7 Å². The SMILES string of the molecule is CCC(C)(C)c1cc(-c2cc(C(C)(C)CC)cc(C(C)(C)CC)c2)cc(C(C)(C)CC)c1. The van der Waals surface area contributed by atoms with Crippen molar-refractivity contribution in [3.05, 3.63) is 58.7 Å². The molecule has 0 N–H and O–H groups in total. The quantitative estimate of drug-likeness (QED) is 0.368. The maximum Gasteiger partial charge on any atom is -0.0106 e. The van der Waals surface area contributed by atoms with Crippen LogP contribution in [0.5, 0.6) is 0 Å². The maximum absolute atomic E-state index is 2.48. The van der Waals surface area contributed by atoms with E-state index in [2.05, 4.69) is 119 Å². The monoisotopic (exact) mass is 434 g/mol. The minimum absolute atomic E-state index is 0.167. The second-order valence-corrected chi connectivity index (χ2v) is 12.5. The van der Waals surface area contributed by atoms with Crippen LogP contribution in [0.2, 0.25) is 0 Å². The molecule has 0 aliphatic rings. The van der Waals surface area contributed by atoms with Gasteiger partial charge >= 0.3 is 0 Å². The molecule has 0 amide bonds. The number of benzene rings is 2. The van der Waals surface area contributed by atoms with E-state index in [1.807, 2.05) is 0 Å². The summed E-state index contributed by atoms with van der Waals surface area (Å²) >= 11 is 0. The summed E-state index contributed by atoms with van der Waals surface area (Å²) in [7, 11) is 0. The van der Waals surface area contributed by atoms with Crippen LogP contribution in [0.4, 0.5) is 0 Å². The summed E-state index contributed by atoms with van der Waals surface area (Å²) in [5.41, 5.74) is 9.28. The van der Waals surface area contributed by atoms with Crippen molar-refractivity contribution in [1.29, 1.82) is 0 Å². The van der Waals surface area contributed by atoms with Crippen molar-refractivity contribution in [3.63, 3.8) is 0 Å². The van der Waals surface area contributed by atoms with Gasteiger partial charge in [-0.2, -0.15) is 0 Å². The normalized spacial score (nSPS) is 13.5. The molecule has 0 heterocycles. The molecule has 0 nitrogen and oxygen atoms in total. The Balaban J connectivity index is 2.88. The standard InChI is InChI=1S/C32H50/c1-13-29(5,6)25-17-23(18-26(21-25)30(7,8)14-2)24-19-27(31(9,10)15-3)22-28(20-24)32(11,12)16-4/h17-22H,13-16H2,1-12H3. The van der Waals surface area contributed by atoms with Crippen LogP contribution in [-0.4, -0.2) is 0 Å². The van der Waals surface area contributed by atoms with Gasteiger partial charge in [-0.25, -0.2) is 0 Å². The van der Waals surface area contributed by atoms with Gasteiger partial charge < -0.3 is 0 Å². The molecule has 0 aliphatic heterocycles. The Morgan fingerprint density at radius 2 is 0.562 bits per heavy atom. The van der Waals surface area contributed by atoms with E-state index in [-0.39, 0.29) is 21.7 Å². The Labute approximate surface area is 200 Å². The summed E-state index contributed by atoms with van der Waals surface area (Å²) in [6.07, 6.45) is 4.55. The first-order valence-corrected chi connectivity index (χ1v) is 13.0. The third-order valence-corrected chi connectivity index (χ3v) is 8.86. The fourth-order valence-corrected chi connectivity index (χ4v) is 3.97. The third kappa shape index (κ3) is 5.49. The lowest BCUT2D eigenvalue weighted by Gasteiger charge is -2.31. The third-order valence-electron chi connectivity index (χ3n) is 8.86. The first-order chi connectivity index (χ1) is 14.6. The van der Waals surface area contributed by atoms with Crippen molar-refractivity contribution in [3.8, 4) is 11.1 Å². The van der Waals surface area contributed by atoms with Crippen molar-refractivity contribution < 1.29 is 0 Å². The molecule has 0 aromatic heterocycles. The zero-order chi connectivity index (χ0) is 24.5. The van der Waals surface area contributed by atoms with Gasteiger partial charge in [-0.05, 0) is 80.7 Å². The molecule has 2 aromatic rings. The van der Waals surface area contributed by atoms with Crippen LogP contribution in [0.3, 0.4) is 0 Å². The molecule has 0 aliphatic carbocycles. The maximum atomic E-state index is 2.48. The highest BCUT2D eigenvalue weighted by Crippen LogP contribution is 2.40. The lowest BCUT2D eigenvalue weighted by atomic mass is 9.73. The molecule has 178 valence electrons. The lowest BCUT2D eigenvalue weighted by molar-refractivity contribution is 0.487. The van der Waals surface area contributed by atoms with E-state index < -0.39 is 0 Å². The molecule has 0 unspecified atom stereocenters. The van der Waals surface area contributed by atoms with Crippen LogP contribution >= 0.6 is 0 Å². The summed E-state index contributed by atoms with van der Waals surface area (Å²) in [6.45, 7) is 28.3. The van der Waals surface area contributed by atoms with Gasteiger partial charge in [0.2, 0.25) is 0 Å². The van der Waals surface area contributed by atoms with Gasteiger partial charge in [0.15, 0.2) is 0 Å². The van der Waals surface area contributed by atoms with Gasteiger partial charge in [-0.15, -0.1) is 0 Å². The van der Waals surface area contributed by atoms with E-state index in [1.165, 1.54) is 33.4 Å². The van der Waals surface area contributed by atoms with Crippen LogP contribution in [0, 0.1) is 0 Å². The smallest absolute Gasteiger partial charge is 0.0106 e. The highest BCUT2D eigenvalue weighted by Gasteiger charge is 2.27. The Bertz CT molecular complexity index is 775. The molecular weight excluding hydrogens is 384 g/mol. The summed E-state index contributed by atoms with van der Waals surface area (Å²) in [5.74, 6) is 0. The van der Waals surface area contributed by atoms with Crippen LogP contribution in [0.25, 0.3) is 11.1 Å². The molecule has 0 atom stereocenters. The van der Waals surface area contributed by atoms with Gasteiger partial charge in [-0.3, -0.25) is 0 Å². The summed E-state index contributed by atoms with van der Waals surface area (Å²) < 4.78 is 0. The highest BCUT2D eigenvalue weighted by atomic mass is 14.3. The zero-order valence-electron chi connectivity index (χ0n) is 23.3. The van der Waals surface area contributed by atoms with Crippen molar-refractivity contribution in [2.24, 2.45) is 0 Å². The summed E-state index contributed by atoms with van der Waals surface area (Å²) in [6, 6.07) is 14.8. The first-order valence-electron chi connectivity index (χ1n) is 13.0.